The molecule has 1 aliphatic carbocycles. The second-order valence-electron chi connectivity index (χ2n) is 6.53. The minimum Gasteiger partial charge on any atom is -0.354 e. The molecule has 0 saturated heterocycles. The van der Waals surface area contributed by atoms with Crippen molar-refractivity contribution in [1.82, 2.24) is 20.1 Å². The maximum Gasteiger partial charge on any atom is 0.343 e. The van der Waals surface area contributed by atoms with E-state index in [1.165, 1.54) is 17.3 Å². The van der Waals surface area contributed by atoms with Crippen molar-refractivity contribution >= 4 is 17.7 Å². The van der Waals surface area contributed by atoms with Crippen molar-refractivity contribution in [2.45, 2.75) is 49.7 Å². The van der Waals surface area contributed by atoms with Gasteiger partial charge < -0.3 is 5.32 Å². The molecule has 3 rings (SSSR count). The Bertz CT molecular complexity index is 765. The third kappa shape index (κ3) is 4.34. The highest BCUT2D eigenvalue weighted by atomic mass is 32.2. The van der Waals surface area contributed by atoms with Gasteiger partial charge in [-0.05, 0) is 24.8 Å². The fourth-order valence-corrected chi connectivity index (χ4v) is 3.69. The Morgan fingerprint density at radius 3 is 2.80 bits per heavy atom. The van der Waals surface area contributed by atoms with Gasteiger partial charge >= 0.3 is 5.69 Å². The number of nitrogens with one attached hydrogen (secondary N) is 2. The number of carbonyl (C=O) groups is 1. The Morgan fingerprint density at radius 1 is 1.36 bits per heavy atom. The summed E-state index contributed by atoms with van der Waals surface area (Å²) in [7, 11) is 0. The van der Waals surface area contributed by atoms with Crippen molar-refractivity contribution in [3.05, 3.63) is 46.4 Å². The van der Waals surface area contributed by atoms with Crippen molar-refractivity contribution in [3.8, 4) is 0 Å². The van der Waals surface area contributed by atoms with Gasteiger partial charge in [0.25, 0.3) is 0 Å². The molecule has 1 heterocycles. The molecule has 1 aromatic carbocycles. The lowest BCUT2D eigenvalue weighted by atomic mass is 9.96. The third-order valence-electron chi connectivity index (χ3n) is 4.65. The zero-order chi connectivity index (χ0) is 17.7. The molecule has 1 fully saturated rings. The van der Waals surface area contributed by atoms with Crippen LogP contribution in [0.3, 0.4) is 0 Å². The number of aromatic nitrogens is 3. The molecule has 0 unspecified atom stereocenters. The van der Waals surface area contributed by atoms with Crippen molar-refractivity contribution in [3.63, 3.8) is 0 Å². The van der Waals surface area contributed by atoms with Crippen LogP contribution >= 0.6 is 11.8 Å². The van der Waals surface area contributed by atoms with Gasteiger partial charge in [-0.1, -0.05) is 55.4 Å². The summed E-state index contributed by atoms with van der Waals surface area (Å²) in [5, 5.41) is 10.1. The van der Waals surface area contributed by atoms with Crippen LogP contribution in [0, 0.1) is 0 Å². The van der Waals surface area contributed by atoms with Gasteiger partial charge in [-0.3, -0.25) is 9.36 Å². The summed E-state index contributed by atoms with van der Waals surface area (Å²) in [4.78, 5) is 23.9. The first-order valence-electron chi connectivity index (χ1n) is 8.75. The number of amides is 1. The lowest BCUT2D eigenvalue weighted by molar-refractivity contribution is -0.118. The molecule has 0 bridgehead atoms. The molecular weight excluding hydrogens is 336 g/mol. The van der Waals surface area contributed by atoms with E-state index in [4.69, 9.17) is 0 Å². The van der Waals surface area contributed by atoms with Gasteiger partial charge in [0.15, 0.2) is 5.16 Å². The summed E-state index contributed by atoms with van der Waals surface area (Å²) in [6, 6.07) is 10.4. The van der Waals surface area contributed by atoms with Crippen LogP contribution in [0.25, 0.3) is 0 Å². The number of H-pyrrole nitrogens is 1. The molecule has 2 N–H and O–H groups in total. The van der Waals surface area contributed by atoms with Crippen LogP contribution in [0.4, 0.5) is 0 Å². The van der Waals surface area contributed by atoms with E-state index in [0.29, 0.717) is 18.2 Å². The standard InChI is InChI=1S/C18H24N4O2S/c1-2-3-11-22-16(24)20-21-17(22)25-12-15(23)19-13-18(9-10-18)14-7-5-4-6-8-14/h4-8H,2-3,9-13H2,1H3,(H,19,23)(H,20,24). The minimum atomic E-state index is -0.211. The van der Waals surface area contributed by atoms with E-state index in [1.54, 1.807) is 4.57 Å². The average molecular weight is 360 g/mol. The predicted molar refractivity (Wildman–Crippen MR) is 98.8 cm³/mol. The summed E-state index contributed by atoms with van der Waals surface area (Å²) >= 11 is 1.30. The van der Waals surface area contributed by atoms with Crippen LogP contribution in [0.2, 0.25) is 0 Å². The largest absolute Gasteiger partial charge is 0.354 e. The maximum atomic E-state index is 12.2. The number of benzene rings is 1. The number of nitrogens with zero attached hydrogens (tertiary/aromatic N) is 2. The molecule has 25 heavy (non-hydrogen) atoms. The first-order valence-corrected chi connectivity index (χ1v) is 9.73. The Kier molecular flexibility index (Phi) is 5.63. The molecule has 0 spiro atoms. The zero-order valence-electron chi connectivity index (χ0n) is 14.5. The number of thioether (sulfide) groups is 1. The Balaban J connectivity index is 1.50. The van der Waals surface area contributed by atoms with Gasteiger partial charge in [-0.25, -0.2) is 9.89 Å². The Hall–Kier alpha value is -2.02. The third-order valence-corrected chi connectivity index (χ3v) is 5.63. The number of hydrogen-bond acceptors (Lipinski definition) is 4. The van der Waals surface area contributed by atoms with Crippen LogP contribution in [0.5, 0.6) is 0 Å². The highest BCUT2D eigenvalue weighted by Gasteiger charge is 2.44. The average Bonchev–Trinajstić information content (AvgIpc) is 3.36. The fourth-order valence-electron chi connectivity index (χ4n) is 2.89. The topological polar surface area (TPSA) is 79.8 Å². The molecule has 1 aliphatic rings. The molecule has 1 amide bonds. The molecule has 1 aromatic heterocycles. The molecule has 134 valence electrons. The number of carbonyl (C=O) groups excluding carboxylic acids is 1. The van der Waals surface area contributed by atoms with E-state index in [9.17, 15) is 9.59 Å². The summed E-state index contributed by atoms with van der Waals surface area (Å²) in [5.41, 5.74) is 1.19. The van der Waals surface area contributed by atoms with Crippen molar-refractivity contribution in [2.24, 2.45) is 0 Å². The minimum absolute atomic E-state index is 0.0234. The first kappa shape index (κ1) is 17.8. The van der Waals surface area contributed by atoms with Crippen LogP contribution in [-0.2, 0) is 16.8 Å². The van der Waals surface area contributed by atoms with Gasteiger partial charge in [0.05, 0.1) is 5.75 Å². The number of aromatic amines is 1. The quantitative estimate of drug-likeness (QED) is 0.673. The maximum absolute atomic E-state index is 12.2. The molecule has 0 aliphatic heterocycles. The van der Waals surface area contributed by atoms with Crippen LogP contribution in [0.1, 0.15) is 38.2 Å². The first-order chi connectivity index (χ1) is 12.1. The molecule has 0 atom stereocenters. The number of hydrogen-bond donors (Lipinski definition) is 2. The van der Waals surface area contributed by atoms with E-state index in [-0.39, 0.29) is 22.8 Å². The summed E-state index contributed by atoms with van der Waals surface area (Å²) in [6.45, 7) is 3.37. The van der Waals surface area contributed by atoms with Gasteiger partial charge in [-0.2, -0.15) is 0 Å². The van der Waals surface area contributed by atoms with Crippen LogP contribution in [0.15, 0.2) is 40.3 Å². The summed E-state index contributed by atoms with van der Waals surface area (Å²) in [5.74, 6) is 0.242. The van der Waals surface area contributed by atoms with E-state index >= 15 is 0 Å². The molecule has 7 heteroatoms. The van der Waals surface area contributed by atoms with Gasteiger partial charge in [0, 0.05) is 18.5 Å². The second-order valence-corrected chi connectivity index (χ2v) is 7.47. The summed E-state index contributed by atoms with van der Waals surface area (Å²) in [6.07, 6.45) is 4.14. The van der Waals surface area contributed by atoms with Gasteiger partial charge in [-0.15, -0.1) is 5.10 Å². The smallest absolute Gasteiger partial charge is 0.343 e. The van der Waals surface area contributed by atoms with Crippen LogP contribution < -0.4 is 11.0 Å². The van der Waals surface area contributed by atoms with Crippen LogP contribution in [-0.4, -0.2) is 33.0 Å². The monoisotopic (exact) mass is 360 g/mol. The second kappa shape index (κ2) is 7.91. The highest BCUT2D eigenvalue weighted by molar-refractivity contribution is 7.99. The van der Waals surface area contributed by atoms with Crippen molar-refractivity contribution in [1.29, 1.82) is 0 Å². The lowest BCUT2D eigenvalue weighted by Crippen LogP contribution is -2.33. The van der Waals surface area contributed by atoms with E-state index in [2.05, 4.69) is 34.6 Å². The van der Waals surface area contributed by atoms with Gasteiger partial charge in [0.1, 0.15) is 0 Å². The number of rotatable bonds is 9. The lowest BCUT2D eigenvalue weighted by Gasteiger charge is -2.16. The SMILES string of the molecule is CCCCn1c(SCC(=O)NCC2(c3ccccc3)CC2)n[nH]c1=O. The molecule has 0 radical (unpaired) electrons. The molecule has 2 aromatic rings. The Labute approximate surface area is 151 Å². The van der Waals surface area contributed by atoms with Gasteiger partial charge in [0.2, 0.25) is 5.91 Å². The molecule has 6 nitrogen and oxygen atoms in total. The summed E-state index contributed by atoms with van der Waals surface area (Å²) < 4.78 is 1.60. The Morgan fingerprint density at radius 2 is 2.12 bits per heavy atom. The predicted octanol–water partition coefficient (Wildman–Crippen LogP) is 2.31. The fraction of sp³-hybridized carbons (Fsp3) is 0.500. The normalized spacial score (nSPS) is 15.1. The highest BCUT2D eigenvalue weighted by Crippen LogP contribution is 2.47. The molecular formula is C18H24N4O2S. The number of unbranched alkanes of at least 4 members (excludes halogenated alkanes) is 1. The van der Waals surface area contributed by atoms with Crippen molar-refractivity contribution < 1.29 is 4.79 Å². The molecule has 1 saturated carbocycles. The zero-order valence-corrected chi connectivity index (χ0v) is 15.3. The van der Waals surface area contributed by atoms with E-state index < -0.39 is 0 Å². The van der Waals surface area contributed by atoms with Crippen molar-refractivity contribution in [2.75, 3.05) is 12.3 Å². The van der Waals surface area contributed by atoms with E-state index in [1.807, 2.05) is 18.2 Å². The van der Waals surface area contributed by atoms with E-state index in [0.717, 1.165) is 25.7 Å².